The number of hydrogen-bond acceptors (Lipinski definition) is 3. The van der Waals surface area contributed by atoms with Gasteiger partial charge < -0.3 is 14.5 Å². The third kappa shape index (κ3) is 3.37. The van der Waals surface area contributed by atoms with Crippen molar-refractivity contribution < 1.29 is 9.47 Å². The number of aromatic amines is 1. The van der Waals surface area contributed by atoms with Gasteiger partial charge in [-0.3, -0.25) is 0 Å². The van der Waals surface area contributed by atoms with Gasteiger partial charge in [-0.2, -0.15) is 0 Å². The SMILES string of the molecule is COc1ccc(-c2nc3ccccc3[nH]2)cc1COc1cccc(Cl)c1. The van der Waals surface area contributed by atoms with Crippen molar-refractivity contribution in [3.8, 4) is 22.9 Å². The van der Waals surface area contributed by atoms with Crippen molar-refractivity contribution in [3.63, 3.8) is 0 Å². The molecule has 0 aliphatic heterocycles. The maximum absolute atomic E-state index is 6.01. The summed E-state index contributed by atoms with van der Waals surface area (Å²) in [5.41, 5.74) is 3.86. The summed E-state index contributed by atoms with van der Waals surface area (Å²) in [5, 5.41) is 0.644. The van der Waals surface area contributed by atoms with Crippen molar-refractivity contribution in [2.24, 2.45) is 0 Å². The molecule has 0 radical (unpaired) electrons. The summed E-state index contributed by atoms with van der Waals surface area (Å²) in [5.74, 6) is 2.30. The number of hydrogen-bond donors (Lipinski definition) is 1. The number of nitrogens with zero attached hydrogens (tertiary/aromatic N) is 1. The van der Waals surface area contributed by atoms with Crippen molar-refractivity contribution >= 4 is 22.6 Å². The molecule has 5 heteroatoms. The van der Waals surface area contributed by atoms with Crippen LogP contribution in [-0.4, -0.2) is 17.1 Å². The number of nitrogens with one attached hydrogen (secondary N) is 1. The molecule has 4 nitrogen and oxygen atoms in total. The lowest BCUT2D eigenvalue weighted by molar-refractivity contribution is 0.297. The summed E-state index contributed by atoms with van der Waals surface area (Å²) in [4.78, 5) is 8.00. The van der Waals surface area contributed by atoms with Crippen LogP contribution in [0.25, 0.3) is 22.4 Å². The standard InChI is InChI=1S/C21H17ClN2O2/c1-25-20-10-9-14(21-23-18-7-2-3-8-19(18)24-21)11-15(20)13-26-17-6-4-5-16(22)12-17/h2-12H,13H2,1H3,(H,23,24). The van der Waals surface area contributed by atoms with Gasteiger partial charge in [-0.25, -0.2) is 4.98 Å². The van der Waals surface area contributed by atoms with Gasteiger partial charge >= 0.3 is 0 Å². The van der Waals surface area contributed by atoms with Crippen molar-refractivity contribution in [2.45, 2.75) is 6.61 Å². The van der Waals surface area contributed by atoms with Gasteiger partial charge in [0, 0.05) is 16.1 Å². The highest BCUT2D eigenvalue weighted by atomic mass is 35.5. The zero-order chi connectivity index (χ0) is 17.9. The summed E-state index contributed by atoms with van der Waals surface area (Å²) in [6.07, 6.45) is 0. The van der Waals surface area contributed by atoms with Gasteiger partial charge in [0.05, 0.1) is 18.1 Å². The predicted octanol–water partition coefficient (Wildman–Crippen LogP) is 5.47. The summed E-state index contributed by atoms with van der Waals surface area (Å²) in [6.45, 7) is 0.373. The Hall–Kier alpha value is -2.98. The Balaban J connectivity index is 1.64. The third-order valence-electron chi connectivity index (χ3n) is 4.13. The lowest BCUT2D eigenvalue weighted by atomic mass is 10.1. The number of benzene rings is 3. The van der Waals surface area contributed by atoms with Crippen LogP contribution in [0.4, 0.5) is 0 Å². The van der Waals surface area contributed by atoms with E-state index in [4.69, 9.17) is 21.1 Å². The van der Waals surface area contributed by atoms with E-state index in [1.165, 1.54) is 0 Å². The Morgan fingerprint density at radius 2 is 1.88 bits per heavy atom. The first-order valence-electron chi connectivity index (χ1n) is 8.23. The van der Waals surface area contributed by atoms with Gasteiger partial charge in [0.1, 0.15) is 23.9 Å². The Labute approximate surface area is 156 Å². The number of H-pyrrole nitrogens is 1. The number of halogens is 1. The fraction of sp³-hybridized carbons (Fsp3) is 0.0952. The molecule has 4 rings (SSSR count). The van der Waals surface area contributed by atoms with Crippen LogP contribution in [0.2, 0.25) is 5.02 Å². The van der Waals surface area contributed by atoms with Crippen molar-refractivity contribution in [1.82, 2.24) is 9.97 Å². The van der Waals surface area contributed by atoms with Crippen LogP contribution in [0, 0.1) is 0 Å². The summed E-state index contributed by atoms with van der Waals surface area (Å²) in [6, 6.07) is 21.3. The van der Waals surface area contributed by atoms with Gasteiger partial charge in [-0.15, -0.1) is 0 Å². The first kappa shape index (κ1) is 16.5. The number of methoxy groups -OCH3 is 1. The minimum absolute atomic E-state index is 0.373. The highest BCUT2D eigenvalue weighted by Crippen LogP contribution is 2.28. The van der Waals surface area contributed by atoms with E-state index in [-0.39, 0.29) is 0 Å². The molecule has 130 valence electrons. The first-order chi connectivity index (χ1) is 12.7. The van der Waals surface area contributed by atoms with Crippen LogP contribution in [0.15, 0.2) is 66.7 Å². The monoisotopic (exact) mass is 364 g/mol. The second-order valence-corrected chi connectivity index (χ2v) is 6.31. The lowest BCUT2D eigenvalue weighted by Gasteiger charge is -2.12. The summed E-state index contributed by atoms with van der Waals surface area (Å²) < 4.78 is 11.3. The fourth-order valence-corrected chi connectivity index (χ4v) is 3.03. The zero-order valence-corrected chi connectivity index (χ0v) is 15.0. The third-order valence-corrected chi connectivity index (χ3v) is 4.37. The van der Waals surface area contributed by atoms with Crippen LogP contribution in [0.3, 0.4) is 0 Å². The van der Waals surface area contributed by atoms with E-state index >= 15 is 0 Å². The second kappa shape index (κ2) is 7.10. The maximum Gasteiger partial charge on any atom is 0.138 e. The Morgan fingerprint density at radius 3 is 2.69 bits per heavy atom. The Bertz CT molecular complexity index is 1030. The molecule has 0 unspecified atom stereocenters. The summed E-state index contributed by atoms with van der Waals surface area (Å²) >= 11 is 6.01. The molecular weight excluding hydrogens is 348 g/mol. The highest BCUT2D eigenvalue weighted by Gasteiger charge is 2.10. The van der Waals surface area contributed by atoms with E-state index in [1.807, 2.05) is 60.7 Å². The quantitative estimate of drug-likeness (QED) is 0.510. The van der Waals surface area contributed by atoms with E-state index in [0.29, 0.717) is 17.4 Å². The van der Waals surface area contributed by atoms with E-state index in [2.05, 4.69) is 9.97 Å². The molecule has 0 saturated carbocycles. The molecule has 4 aromatic rings. The second-order valence-electron chi connectivity index (χ2n) is 5.88. The van der Waals surface area contributed by atoms with E-state index < -0.39 is 0 Å². The highest BCUT2D eigenvalue weighted by molar-refractivity contribution is 6.30. The average Bonchev–Trinajstić information content (AvgIpc) is 3.10. The maximum atomic E-state index is 6.01. The minimum atomic E-state index is 0.373. The fourth-order valence-electron chi connectivity index (χ4n) is 2.85. The van der Waals surface area contributed by atoms with Gasteiger partial charge in [-0.05, 0) is 48.5 Å². The number of aromatic nitrogens is 2. The Morgan fingerprint density at radius 1 is 1.00 bits per heavy atom. The largest absolute Gasteiger partial charge is 0.496 e. The molecule has 0 fully saturated rings. The topological polar surface area (TPSA) is 47.1 Å². The van der Waals surface area contributed by atoms with E-state index in [1.54, 1.807) is 13.2 Å². The summed E-state index contributed by atoms with van der Waals surface area (Å²) in [7, 11) is 1.65. The number of imidazole rings is 1. The number of ether oxygens (including phenoxy) is 2. The molecule has 1 aromatic heterocycles. The number of para-hydroxylation sites is 2. The van der Waals surface area contributed by atoms with Gasteiger partial charge in [0.15, 0.2) is 0 Å². The lowest BCUT2D eigenvalue weighted by Crippen LogP contribution is -1.99. The molecule has 0 aliphatic carbocycles. The van der Waals surface area contributed by atoms with Crippen molar-refractivity contribution in [2.75, 3.05) is 7.11 Å². The molecule has 26 heavy (non-hydrogen) atoms. The average molecular weight is 365 g/mol. The molecular formula is C21H17ClN2O2. The predicted molar refractivity (Wildman–Crippen MR) is 104 cm³/mol. The zero-order valence-electron chi connectivity index (χ0n) is 14.2. The normalized spacial score (nSPS) is 10.8. The molecule has 0 atom stereocenters. The molecule has 0 saturated heterocycles. The first-order valence-corrected chi connectivity index (χ1v) is 8.61. The van der Waals surface area contributed by atoms with Crippen molar-refractivity contribution in [1.29, 1.82) is 0 Å². The van der Waals surface area contributed by atoms with Crippen molar-refractivity contribution in [3.05, 3.63) is 77.3 Å². The molecule has 1 N–H and O–H groups in total. The molecule has 3 aromatic carbocycles. The molecule has 0 amide bonds. The van der Waals surface area contributed by atoms with Crippen LogP contribution in [0.1, 0.15) is 5.56 Å². The van der Waals surface area contributed by atoms with Gasteiger partial charge in [-0.1, -0.05) is 29.8 Å². The smallest absolute Gasteiger partial charge is 0.138 e. The van der Waals surface area contributed by atoms with Crippen LogP contribution >= 0.6 is 11.6 Å². The molecule has 0 spiro atoms. The minimum Gasteiger partial charge on any atom is -0.496 e. The molecule has 0 bridgehead atoms. The molecule has 1 heterocycles. The number of fused-ring (bicyclic) bond motifs is 1. The van der Waals surface area contributed by atoms with Crippen LogP contribution in [-0.2, 0) is 6.61 Å². The van der Waals surface area contributed by atoms with Gasteiger partial charge in [0.25, 0.3) is 0 Å². The van der Waals surface area contributed by atoms with Crippen LogP contribution < -0.4 is 9.47 Å². The van der Waals surface area contributed by atoms with E-state index in [0.717, 1.165) is 33.7 Å². The molecule has 0 aliphatic rings. The van der Waals surface area contributed by atoms with E-state index in [9.17, 15) is 0 Å². The Kier molecular flexibility index (Phi) is 4.50. The van der Waals surface area contributed by atoms with Crippen LogP contribution in [0.5, 0.6) is 11.5 Å². The number of rotatable bonds is 5. The van der Waals surface area contributed by atoms with Gasteiger partial charge in [0.2, 0.25) is 0 Å².